The predicted octanol–water partition coefficient (Wildman–Crippen LogP) is 3.28. The van der Waals surface area contributed by atoms with Crippen molar-refractivity contribution in [3.05, 3.63) is 35.1 Å². The van der Waals surface area contributed by atoms with Gasteiger partial charge in [-0.1, -0.05) is 35.0 Å². The SMILES string of the molecule is CCc1ccc(CBr)c(F)c1. The molecule has 11 heavy (non-hydrogen) atoms. The van der Waals surface area contributed by atoms with E-state index in [1.54, 1.807) is 6.07 Å². The number of rotatable bonds is 2. The van der Waals surface area contributed by atoms with E-state index in [0.717, 1.165) is 17.5 Å². The average molecular weight is 217 g/mol. The van der Waals surface area contributed by atoms with E-state index in [9.17, 15) is 4.39 Å². The van der Waals surface area contributed by atoms with Gasteiger partial charge in [0.15, 0.2) is 0 Å². The molecule has 1 aromatic rings. The van der Waals surface area contributed by atoms with E-state index in [0.29, 0.717) is 5.33 Å². The predicted molar refractivity (Wildman–Crippen MR) is 48.4 cm³/mol. The molecule has 0 unspecified atom stereocenters. The first-order valence-electron chi connectivity index (χ1n) is 3.61. The fourth-order valence-electron chi connectivity index (χ4n) is 0.919. The van der Waals surface area contributed by atoms with Crippen molar-refractivity contribution in [1.82, 2.24) is 0 Å². The van der Waals surface area contributed by atoms with Crippen molar-refractivity contribution < 1.29 is 4.39 Å². The Kier molecular flexibility index (Phi) is 3.06. The van der Waals surface area contributed by atoms with Crippen LogP contribution in [0.3, 0.4) is 0 Å². The quantitative estimate of drug-likeness (QED) is 0.667. The lowest BCUT2D eigenvalue weighted by Gasteiger charge is -2.00. The van der Waals surface area contributed by atoms with Crippen molar-refractivity contribution in [2.24, 2.45) is 0 Å². The molecule has 0 N–H and O–H groups in total. The molecule has 0 aliphatic heterocycles. The van der Waals surface area contributed by atoms with Crippen LogP contribution in [-0.2, 0) is 11.8 Å². The van der Waals surface area contributed by atoms with Gasteiger partial charge in [0.05, 0.1) is 0 Å². The van der Waals surface area contributed by atoms with Gasteiger partial charge in [0.25, 0.3) is 0 Å². The molecule has 0 heterocycles. The van der Waals surface area contributed by atoms with Crippen LogP contribution in [0, 0.1) is 5.82 Å². The summed E-state index contributed by atoms with van der Waals surface area (Å²) in [5, 5.41) is 0.586. The van der Waals surface area contributed by atoms with Gasteiger partial charge in [0, 0.05) is 5.33 Å². The first kappa shape index (κ1) is 8.72. The van der Waals surface area contributed by atoms with Crippen LogP contribution in [0.4, 0.5) is 4.39 Å². The molecule has 0 atom stereocenters. The summed E-state index contributed by atoms with van der Waals surface area (Å²) in [7, 11) is 0. The molecule has 0 amide bonds. The summed E-state index contributed by atoms with van der Waals surface area (Å²) in [5.41, 5.74) is 1.77. The first-order chi connectivity index (χ1) is 5.27. The highest BCUT2D eigenvalue weighted by Crippen LogP contribution is 2.13. The highest BCUT2D eigenvalue weighted by Gasteiger charge is 1.99. The van der Waals surface area contributed by atoms with Crippen LogP contribution in [-0.4, -0.2) is 0 Å². The molecule has 0 aliphatic carbocycles. The van der Waals surface area contributed by atoms with Crippen molar-refractivity contribution >= 4 is 15.9 Å². The second-order valence-corrected chi connectivity index (χ2v) is 2.97. The monoisotopic (exact) mass is 216 g/mol. The number of halogens is 2. The molecule has 0 nitrogen and oxygen atoms in total. The first-order valence-corrected chi connectivity index (χ1v) is 4.73. The van der Waals surface area contributed by atoms with E-state index in [1.165, 1.54) is 0 Å². The highest BCUT2D eigenvalue weighted by molar-refractivity contribution is 9.08. The molecule has 1 rings (SSSR count). The Bertz CT molecular complexity index is 245. The van der Waals surface area contributed by atoms with Gasteiger partial charge in [0.2, 0.25) is 0 Å². The molecular formula is C9H10BrF. The minimum absolute atomic E-state index is 0.110. The zero-order valence-electron chi connectivity index (χ0n) is 6.40. The summed E-state index contributed by atoms with van der Waals surface area (Å²) in [6, 6.07) is 5.37. The lowest BCUT2D eigenvalue weighted by molar-refractivity contribution is 0.615. The van der Waals surface area contributed by atoms with Crippen molar-refractivity contribution in [2.75, 3.05) is 0 Å². The lowest BCUT2D eigenvalue weighted by atomic mass is 10.1. The van der Waals surface area contributed by atoms with E-state index >= 15 is 0 Å². The maximum atomic E-state index is 13.0. The van der Waals surface area contributed by atoms with E-state index in [1.807, 2.05) is 19.1 Å². The molecule has 0 fully saturated rings. The van der Waals surface area contributed by atoms with E-state index in [2.05, 4.69) is 15.9 Å². The summed E-state index contributed by atoms with van der Waals surface area (Å²) >= 11 is 3.21. The van der Waals surface area contributed by atoms with Crippen LogP contribution < -0.4 is 0 Å². The summed E-state index contributed by atoms with van der Waals surface area (Å²) in [4.78, 5) is 0. The van der Waals surface area contributed by atoms with Crippen LogP contribution in [0.1, 0.15) is 18.1 Å². The summed E-state index contributed by atoms with van der Waals surface area (Å²) in [6.07, 6.45) is 0.888. The number of hydrogen-bond acceptors (Lipinski definition) is 0. The Morgan fingerprint density at radius 2 is 2.18 bits per heavy atom. The zero-order valence-corrected chi connectivity index (χ0v) is 7.99. The minimum Gasteiger partial charge on any atom is -0.207 e. The van der Waals surface area contributed by atoms with Gasteiger partial charge in [-0.15, -0.1) is 0 Å². The van der Waals surface area contributed by atoms with Crippen LogP contribution >= 0.6 is 15.9 Å². The third-order valence-electron chi connectivity index (χ3n) is 1.67. The van der Waals surface area contributed by atoms with Gasteiger partial charge in [-0.05, 0) is 23.6 Å². The van der Waals surface area contributed by atoms with Crippen LogP contribution in [0.15, 0.2) is 18.2 Å². The van der Waals surface area contributed by atoms with Crippen LogP contribution in [0.5, 0.6) is 0 Å². The average Bonchev–Trinajstić information content (AvgIpc) is 2.04. The molecule has 0 aliphatic rings. The van der Waals surface area contributed by atoms with E-state index < -0.39 is 0 Å². The maximum Gasteiger partial charge on any atom is 0.127 e. The molecular weight excluding hydrogens is 207 g/mol. The highest BCUT2D eigenvalue weighted by atomic mass is 79.9. The molecule has 0 radical (unpaired) electrons. The molecule has 0 saturated carbocycles. The topological polar surface area (TPSA) is 0 Å². The second kappa shape index (κ2) is 3.86. The van der Waals surface area contributed by atoms with Gasteiger partial charge >= 0.3 is 0 Å². The van der Waals surface area contributed by atoms with Crippen LogP contribution in [0.2, 0.25) is 0 Å². The van der Waals surface area contributed by atoms with Crippen molar-refractivity contribution in [2.45, 2.75) is 18.7 Å². The van der Waals surface area contributed by atoms with Crippen molar-refractivity contribution in [3.63, 3.8) is 0 Å². The largest absolute Gasteiger partial charge is 0.207 e. The molecule has 2 heteroatoms. The number of hydrogen-bond donors (Lipinski definition) is 0. The minimum atomic E-state index is -0.110. The third kappa shape index (κ3) is 2.03. The summed E-state index contributed by atoms with van der Waals surface area (Å²) in [5.74, 6) is -0.110. The fraction of sp³-hybridized carbons (Fsp3) is 0.333. The molecule has 1 aromatic carbocycles. The maximum absolute atomic E-state index is 13.0. The molecule has 0 aromatic heterocycles. The van der Waals surface area contributed by atoms with E-state index in [4.69, 9.17) is 0 Å². The molecule has 60 valence electrons. The second-order valence-electron chi connectivity index (χ2n) is 2.41. The summed E-state index contributed by atoms with van der Waals surface area (Å²) in [6.45, 7) is 2.02. The lowest BCUT2D eigenvalue weighted by Crippen LogP contribution is -1.88. The summed E-state index contributed by atoms with van der Waals surface area (Å²) < 4.78 is 13.0. The smallest absolute Gasteiger partial charge is 0.127 e. The Hall–Kier alpha value is -0.370. The van der Waals surface area contributed by atoms with Crippen molar-refractivity contribution in [1.29, 1.82) is 0 Å². The molecule has 0 spiro atoms. The Morgan fingerprint density at radius 1 is 1.45 bits per heavy atom. The zero-order chi connectivity index (χ0) is 8.27. The Balaban J connectivity index is 2.99. The van der Waals surface area contributed by atoms with Gasteiger partial charge in [0.1, 0.15) is 5.82 Å². The fourth-order valence-corrected chi connectivity index (χ4v) is 1.37. The third-order valence-corrected chi connectivity index (χ3v) is 2.27. The molecule has 0 bridgehead atoms. The number of alkyl halides is 1. The van der Waals surface area contributed by atoms with Crippen LogP contribution in [0.25, 0.3) is 0 Å². The normalized spacial score (nSPS) is 10.1. The molecule has 0 saturated heterocycles. The van der Waals surface area contributed by atoms with E-state index in [-0.39, 0.29) is 5.82 Å². The number of aryl methyl sites for hydroxylation is 1. The van der Waals surface area contributed by atoms with Gasteiger partial charge in [-0.3, -0.25) is 0 Å². The van der Waals surface area contributed by atoms with Gasteiger partial charge in [-0.2, -0.15) is 0 Å². The van der Waals surface area contributed by atoms with Gasteiger partial charge in [-0.25, -0.2) is 4.39 Å². The van der Waals surface area contributed by atoms with Crippen molar-refractivity contribution in [3.8, 4) is 0 Å². The van der Waals surface area contributed by atoms with Gasteiger partial charge < -0.3 is 0 Å². The standard InChI is InChI=1S/C9H10BrF/c1-2-7-3-4-8(6-10)9(11)5-7/h3-5H,2,6H2,1H3. The Labute approximate surface area is 74.6 Å². The number of benzene rings is 1. The Morgan fingerprint density at radius 3 is 2.64 bits per heavy atom.